The summed E-state index contributed by atoms with van der Waals surface area (Å²) in [6.07, 6.45) is 0. The van der Waals surface area contributed by atoms with Crippen LogP contribution in [-0.2, 0) is 33.3 Å². The van der Waals surface area contributed by atoms with E-state index >= 15 is 0 Å². The number of thiazole rings is 2. The van der Waals surface area contributed by atoms with E-state index in [4.69, 9.17) is 42.8 Å². The highest BCUT2D eigenvalue weighted by molar-refractivity contribution is 7.82. The number of cyclic esters (lactones) is 2. The molecule has 10 nitrogen and oxygen atoms in total. The lowest BCUT2D eigenvalue weighted by molar-refractivity contribution is -0.144. The van der Waals surface area contributed by atoms with E-state index in [-0.39, 0.29) is 44.0 Å². The Hall–Kier alpha value is -4.35. The number of halogens is 3. The first-order chi connectivity index (χ1) is 24.8. The molecule has 0 radical (unpaired) electrons. The van der Waals surface area contributed by atoms with E-state index in [1.165, 1.54) is 61.2 Å². The van der Waals surface area contributed by atoms with E-state index in [2.05, 4.69) is 26.9 Å². The molecule has 4 aromatic rings. The molecule has 2 aliphatic heterocycles. The molecule has 0 atom stereocenters. The molecule has 280 valence electrons. The monoisotopic (exact) mass is 822 g/mol. The molecule has 0 spiro atoms. The molecule has 0 unspecified atom stereocenters. The van der Waals surface area contributed by atoms with Crippen molar-refractivity contribution in [3.05, 3.63) is 92.8 Å². The molecule has 53 heavy (non-hydrogen) atoms. The Kier molecular flexibility index (Phi) is 13.1. The van der Waals surface area contributed by atoms with Crippen LogP contribution in [0.15, 0.2) is 60.0 Å². The highest BCUT2D eigenvalue weighted by Crippen LogP contribution is 2.42. The van der Waals surface area contributed by atoms with Crippen LogP contribution in [0.2, 0.25) is 0 Å². The van der Waals surface area contributed by atoms with Gasteiger partial charge in [0, 0.05) is 33.1 Å². The number of aliphatic hydroxyl groups is 1. The van der Waals surface area contributed by atoms with Crippen molar-refractivity contribution in [3.63, 3.8) is 0 Å². The van der Waals surface area contributed by atoms with E-state index < -0.39 is 23.1 Å². The van der Waals surface area contributed by atoms with E-state index in [0.717, 1.165) is 20.9 Å². The first-order valence-corrected chi connectivity index (χ1v) is 18.2. The van der Waals surface area contributed by atoms with Gasteiger partial charge in [0.1, 0.15) is 32.8 Å². The molecule has 1 N–H and O–H groups in total. The fourth-order valence-electron chi connectivity index (χ4n) is 4.85. The summed E-state index contributed by atoms with van der Waals surface area (Å²) in [5, 5.41) is 11.4. The maximum Gasteiger partial charge on any atom is 0.357 e. The fourth-order valence-corrected chi connectivity index (χ4v) is 6.79. The summed E-state index contributed by atoms with van der Waals surface area (Å²) < 4.78 is 51.5. The quantitative estimate of drug-likeness (QED) is 0.117. The highest BCUT2D eigenvalue weighted by Gasteiger charge is 2.46. The minimum absolute atomic E-state index is 0.0602. The molecule has 6 rings (SSSR count). The maximum absolute atomic E-state index is 13.1. The number of aromatic nitrogens is 2. The van der Waals surface area contributed by atoms with Gasteiger partial charge >= 0.3 is 17.2 Å². The number of methoxy groups -OCH3 is 2. The molecule has 17 heteroatoms. The first-order valence-electron chi connectivity index (χ1n) is 15.4. The Morgan fingerprint density at radius 2 is 1.15 bits per heavy atom. The Bertz CT molecular complexity index is 2120. The molecular formula is C36H33ClF2N2O8S4. The SMILES string of the molecule is COC(=S)Cl.COC(=S)OC1=C(c2nc(-c3ccc(F)cc3)sc2C)C(=O)OC1(C)C.Cc1sc(-c2ccc(F)cc2)nc1C1=C(O)C(C)(C)OC1=O. The normalized spacial score (nSPS) is 15.5. The smallest absolute Gasteiger partial charge is 0.357 e. The standard InChI is InChI=1S/C18H16FNO4S2.C16H14FNO3S.C2H3ClOS/c1-9-13(20-15(26-9)10-5-7-11(19)8-6-10)12-14(23-17(25)22-4)18(2,3)24-16(12)21;1-8-12(11-13(19)16(2,3)21-15(11)20)18-14(22-8)9-4-6-10(17)7-5-9;1-4-2(3)5/h5-8H,1-4H3;4-7,19H,1-3H3;1H3. The van der Waals surface area contributed by atoms with Gasteiger partial charge in [0.15, 0.2) is 22.7 Å². The van der Waals surface area contributed by atoms with Gasteiger partial charge in [-0.05, 0) is 114 Å². The van der Waals surface area contributed by atoms with E-state index in [0.29, 0.717) is 21.4 Å². The van der Waals surface area contributed by atoms with Gasteiger partial charge in [0.25, 0.3) is 4.51 Å². The topological polar surface area (TPSA) is 126 Å². The third kappa shape index (κ3) is 9.61. The van der Waals surface area contributed by atoms with Crippen LogP contribution < -0.4 is 0 Å². The zero-order valence-corrected chi connectivity index (χ0v) is 33.6. The molecule has 0 amide bonds. The van der Waals surface area contributed by atoms with Crippen molar-refractivity contribution in [3.8, 4) is 21.1 Å². The average Bonchev–Trinajstić information content (AvgIpc) is 3.78. The molecule has 0 aliphatic carbocycles. The summed E-state index contributed by atoms with van der Waals surface area (Å²) in [4.78, 5) is 35.1. The number of carbonyl (C=O) groups excluding carboxylic acids is 2. The van der Waals surface area contributed by atoms with Gasteiger partial charge in [-0.2, -0.15) is 0 Å². The second-order valence-corrected chi connectivity index (χ2v) is 15.8. The van der Waals surface area contributed by atoms with Gasteiger partial charge in [0.2, 0.25) is 0 Å². The van der Waals surface area contributed by atoms with Crippen LogP contribution in [0.4, 0.5) is 8.78 Å². The summed E-state index contributed by atoms with van der Waals surface area (Å²) in [7, 11) is 2.81. The van der Waals surface area contributed by atoms with Gasteiger partial charge in [-0.25, -0.2) is 28.3 Å². The molecule has 2 aromatic carbocycles. The van der Waals surface area contributed by atoms with E-state index in [9.17, 15) is 23.5 Å². The lowest BCUT2D eigenvalue weighted by Gasteiger charge is -2.20. The Labute approximate surface area is 328 Å². The fraction of sp³-hybridized carbons (Fsp3) is 0.278. The summed E-state index contributed by atoms with van der Waals surface area (Å²) in [5.41, 5.74) is 0.665. The summed E-state index contributed by atoms with van der Waals surface area (Å²) in [5.74, 6) is -1.62. The van der Waals surface area contributed by atoms with Crippen molar-refractivity contribution in [2.45, 2.75) is 52.7 Å². The number of benzene rings is 2. The van der Waals surface area contributed by atoms with Crippen molar-refractivity contribution < 1.29 is 47.2 Å². The summed E-state index contributed by atoms with van der Waals surface area (Å²) in [6, 6.07) is 12.0. The minimum Gasteiger partial charge on any atom is -0.507 e. The lowest BCUT2D eigenvalue weighted by atomic mass is 10.0. The van der Waals surface area contributed by atoms with Crippen LogP contribution in [0.1, 0.15) is 48.8 Å². The van der Waals surface area contributed by atoms with Crippen molar-refractivity contribution in [2.24, 2.45) is 0 Å². The van der Waals surface area contributed by atoms with Gasteiger partial charge < -0.3 is 28.8 Å². The molecule has 0 fully saturated rings. The Balaban J connectivity index is 0.000000212. The second-order valence-electron chi connectivity index (χ2n) is 12.1. The Morgan fingerprint density at radius 1 is 0.755 bits per heavy atom. The maximum atomic E-state index is 13.1. The summed E-state index contributed by atoms with van der Waals surface area (Å²) >= 11 is 16.9. The number of hydrogen-bond acceptors (Lipinski definition) is 14. The third-order valence-corrected chi connectivity index (χ3v) is 10.1. The molecular weight excluding hydrogens is 790 g/mol. The molecule has 0 bridgehead atoms. The van der Waals surface area contributed by atoms with Crippen molar-refractivity contribution >= 4 is 91.5 Å². The van der Waals surface area contributed by atoms with Crippen LogP contribution >= 0.6 is 58.7 Å². The largest absolute Gasteiger partial charge is 0.507 e. The number of rotatable bonds is 5. The van der Waals surface area contributed by atoms with Crippen LogP contribution in [0, 0.1) is 25.5 Å². The Morgan fingerprint density at radius 3 is 1.53 bits per heavy atom. The zero-order chi connectivity index (χ0) is 39.4. The zero-order valence-electron chi connectivity index (χ0n) is 29.6. The number of ether oxygens (including phenoxy) is 5. The number of thiocarbonyl (C=S) groups is 2. The van der Waals surface area contributed by atoms with E-state index in [1.807, 2.05) is 13.8 Å². The van der Waals surface area contributed by atoms with Gasteiger partial charge in [-0.3, -0.25) is 0 Å². The summed E-state index contributed by atoms with van der Waals surface area (Å²) in [6.45, 7) is 10.3. The van der Waals surface area contributed by atoms with Crippen molar-refractivity contribution in [1.29, 1.82) is 0 Å². The second kappa shape index (κ2) is 16.8. The number of carbonyl (C=O) groups is 2. The van der Waals surface area contributed by atoms with Gasteiger partial charge in [0.05, 0.1) is 25.6 Å². The van der Waals surface area contributed by atoms with Crippen LogP contribution in [0.25, 0.3) is 32.3 Å². The molecule has 2 aromatic heterocycles. The molecule has 0 saturated carbocycles. The van der Waals surface area contributed by atoms with E-state index in [1.54, 1.807) is 52.0 Å². The van der Waals surface area contributed by atoms with Crippen molar-refractivity contribution in [2.75, 3.05) is 14.2 Å². The predicted molar refractivity (Wildman–Crippen MR) is 207 cm³/mol. The highest BCUT2D eigenvalue weighted by atomic mass is 35.5. The number of aliphatic hydroxyl groups excluding tert-OH is 1. The first kappa shape index (κ1) is 41.4. The number of hydrogen-bond donors (Lipinski definition) is 1. The van der Waals surface area contributed by atoms with Crippen molar-refractivity contribution in [1.82, 2.24) is 9.97 Å². The number of aryl methyl sites for hydroxylation is 2. The lowest BCUT2D eigenvalue weighted by Crippen LogP contribution is -2.26. The molecule has 0 saturated heterocycles. The van der Waals surface area contributed by atoms with Gasteiger partial charge in [-0.15, -0.1) is 22.7 Å². The van der Waals surface area contributed by atoms with Crippen LogP contribution in [0.3, 0.4) is 0 Å². The van der Waals surface area contributed by atoms with Crippen LogP contribution in [0.5, 0.6) is 0 Å². The molecule has 2 aliphatic rings. The minimum atomic E-state index is -1.04. The number of nitrogens with zero attached hydrogens (tertiary/aromatic N) is 2. The van der Waals surface area contributed by atoms with Gasteiger partial charge in [-0.1, -0.05) is 0 Å². The number of esters is 2. The molecule has 4 heterocycles. The predicted octanol–water partition coefficient (Wildman–Crippen LogP) is 9.27. The third-order valence-electron chi connectivity index (χ3n) is 7.45. The van der Waals surface area contributed by atoms with Crippen LogP contribution in [-0.4, -0.2) is 62.2 Å². The average molecular weight is 823 g/mol.